The molecule has 0 unspecified atom stereocenters. The van der Waals surface area contributed by atoms with Gasteiger partial charge in [0.1, 0.15) is 10.6 Å². The highest BCUT2D eigenvalue weighted by Gasteiger charge is 2.13. The molecule has 104 valence electrons. The van der Waals surface area contributed by atoms with E-state index in [1.165, 1.54) is 12.1 Å². The predicted molar refractivity (Wildman–Crippen MR) is 69.8 cm³/mol. The van der Waals surface area contributed by atoms with Crippen LogP contribution in [0.25, 0.3) is 0 Å². The minimum atomic E-state index is -0.641. The Hall–Kier alpha value is -3.24. The molecular weight excluding hydrogens is 268 g/mol. The van der Waals surface area contributed by atoms with E-state index in [1.807, 2.05) is 0 Å². The Labute approximate surface area is 111 Å². The van der Waals surface area contributed by atoms with Gasteiger partial charge in [0.15, 0.2) is 5.76 Å². The first-order valence-electron chi connectivity index (χ1n) is 5.27. The fraction of sp³-hybridized carbons (Fsp3) is 0.111. The Kier molecular flexibility index (Phi) is 3.41. The monoisotopic (exact) mass is 278 g/mol. The molecule has 0 saturated heterocycles. The molecule has 2 rings (SSSR count). The topological polar surface area (TPSA) is 171 Å². The maximum absolute atomic E-state index is 10.5. The van der Waals surface area contributed by atoms with Crippen LogP contribution >= 0.6 is 0 Å². The molecule has 5 N–H and O–H groups in total. The second-order valence-electron chi connectivity index (χ2n) is 3.58. The molecule has 11 nitrogen and oxygen atoms in total. The van der Waals surface area contributed by atoms with Gasteiger partial charge in [-0.15, -0.1) is 0 Å². The first kappa shape index (κ1) is 13.2. The van der Waals surface area contributed by atoms with Crippen molar-refractivity contribution in [1.29, 1.82) is 0 Å². The zero-order chi connectivity index (χ0) is 14.7. The minimum Gasteiger partial charge on any atom is -0.399 e. The van der Waals surface area contributed by atoms with Gasteiger partial charge in [-0.3, -0.25) is 10.1 Å². The summed E-state index contributed by atoms with van der Waals surface area (Å²) in [7, 11) is 0. The summed E-state index contributed by atoms with van der Waals surface area (Å²) in [6.07, 6.45) is 0. The number of aromatic nitrogens is 3. The number of nitrogen functional groups attached to an aromatic ring is 2. The van der Waals surface area contributed by atoms with E-state index in [0.717, 1.165) is 0 Å². The van der Waals surface area contributed by atoms with Crippen LogP contribution in [0.3, 0.4) is 0 Å². The smallest absolute Gasteiger partial charge is 0.399 e. The lowest BCUT2D eigenvalue weighted by atomic mass is 10.3. The van der Waals surface area contributed by atoms with Gasteiger partial charge in [-0.1, -0.05) is 0 Å². The molecule has 2 aromatic rings. The van der Waals surface area contributed by atoms with E-state index < -0.39 is 4.92 Å². The van der Waals surface area contributed by atoms with Crippen LogP contribution in [0, 0.1) is 10.1 Å². The third kappa shape index (κ3) is 2.95. The van der Waals surface area contributed by atoms with Gasteiger partial charge in [-0.25, -0.2) is 5.43 Å². The zero-order valence-electron chi connectivity index (χ0n) is 10.3. The van der Waals surface area contributed by atoms with Gasteiger partial charge < -0.3 is 15.9 Å². The van der Waals surface area contributed by atoms with Gasteiger partial charge in [0.05, 0.1) is 6.07 Å². The van der Waals surface area contributed by atoms with Crippen molar-refractivity contribution in [1.82, 2.24) is 15.0 Å². The van der Waals surface area contributed by atoms with Crippen molar-refractivity contribution in [3.05, 3.63) is 28.0 Å². The summed E-state index contributed by atoms with van der Waals surface area (Å²) < 4.78 is 4.97. The van der Waals surface area contributed by atoms with Crippen LogP contribution < -0.4 is 16.9 Å². The molecule has 0 aliphatic heterocycles. The summed E-state index contributed by atoms with van der Waals surface area (Å²) >= 11 is 0. The molecule has 0 bridgehead atoms. The van der Waals surface area contributed by atoms with E-state index in [9.17, 15) is 10.1 Å². The molecule has 0 aromatic carbocycles. The van der Waals surface area contributed by atoms with Crippen LogP contribution in [-0.4, -0.2) is 25.6 Å². The van der Waals surface area contributed by atoms with Gasteiger partial charge >= 0.3 is 5.88 Å². The van der Waals surface area contributed by atoms with Gasteiger partial charge in [-0.05, 0) is 13.0 Å². The third-order valence-corrected chi connectivity index (χ3v) is 2.12. The summed E-state index contributed by atoms with van der Waals surface area (Å²) in [5.74, 6) is -0.194. The molecule has 2 heterocycles. The Bertz CT molecular complexity index is 659. The maximum Gasteiger partial charge on any atom is 0.433 e. The summed E-state index contributed by atoms with van der Waals surface area (Å²) in [6, 6.07) is 2.65. The molecule has 0 fully saturated rings. The Balaban J connectivity index is 2.15. The lowest BCUT2D eigenvalue weighted by Crippen LogP contribution is -2.07. The SMILES string of the molecule is C/C(=N\Nc1nc(N)nc(N)n1)c1ccc([N+](=O)[O-])o1. The second-order valence-corrected chi connectivity index (χ2v) is 3.58. The van der Waals surface area contributed by atoms with Gasteiger partial charge in [0.2, 0.25) is 17.8 Å². The van der Waals surface area contributed by atoms with Crippen molar-refractivity contribution in [3.63, 3.8) is 0 Å². The van der Waals surface area contributed by atoms with Crippen LogP contribution in [0.1, 0.15) is 12.7 Å². The van der Waals surface area contributed by atoms with Crippen LogP contribution in [-0.2, 0) is 0 Å². The highest BCUT2D eigenvalue weighted by atomic mass is 16.6. The molecule has 0 amide bonds. The average molecular weight is 278 g/mol. The van der Waals surface area contributed by atoms with Crippen LogP contribution in [0.4, 0.5) is 23.7 Å². The summed E-state index contributed by atoms with van der Waals surface area (Å²) in [5, 5.41) is 14.4. The first-order chi connectivity index (χ1) is 9.45. The average Bonchev–Trinajstić information content (AvgIpc) is 2.84. The lowest BCUT2D eigenvalue weighted by molar-refractivity contribution is -0.402. The summed E-state index contributed by atoms with van der Waals surface area (Å²) in [4.78, 5) is 20.9. The fourth-order valence-electron chi connectivity index (χ4n) is 1.27. The largest absolute Gasteiger partial charge is 0.433 e. The zero-order valence-corrected chi connectivity index (χ0v) is 10.3. The number of nitrogens with one attached hydrogen (secondary N) is 1. The third-order valence-electron chi connectivity index (χ3n) is 2.12. The maximum atomic E-state index is 10.5. The van der Waals surface area contributed by atoms with E-state index in [2.05, 4.69) is 25.5 Å². The predicted octanol–water partition coefficient (Wildman–Crippen LogP) is 0.373. The van der Waals surface area contributed by atoms with Crippen LogP contribution in [0.15, 0.2) is 21.7 Å². The number of hydrogen-bond donors (Lipinski definition) is 3. The summed E-state index contributed by atoms with van der Waals surface area (Å²) in [6.45, 7) is 1.59. The number of anilines is 3. The molecule has 11 heteroatoms. The van der Waals surface area contributed by atoms with Crippen molar-refractivity contribution in [2.24, 2.45) is 5.10 Å². The highest BCUT2D eigenvalue weighted by molar-refractivity contribution is 5.96. The standard InChI is InChI=1S/C9H10N8O3/c1-4(5-2-3-6(20-5)17(18)19)15-16-9-13-7(10)12-8(11)14-9/h2-3H,1H3,(H5,10,11,12,13,14,16)/b15-4+. The van der Waals surface area contributed by atoms with E-state index in [0.29, 0.717) is 5.71 Å². The quantitative estimate of drug-likeness (QED) is 0.405. The molecule has 0 aliphatic rings. The number of nitro groups is 1. The van der Waals surface area contributed by atoms with E-state index in [-0.39, 0.29) is 29.5 Å². The number of furan rings is 1. The molecule has 0 aliphatic carbocycles. The van der Waals surface area contributed by atoms with Crippen molar-refractivity contribution >= 4 is 29.4 Å². The molecular formula is C9H10N8O3. The highest BCUT2D eigenvalue weighted by Crippen LogP contribution is 2.16. The number of nitrogens with two attached hydrogens (primary N) is 2. The lowest BCUT2D eigenvalue weighted by Gasteiger charge is -2.01. The number of hydrazone groups is 1. The Morgan fingerprint density at radius 2 is 2.00 bits per heavy atom. The van der Waals surface area contributed by atoms with Crippen molar-refractivity contribution in [2.45, 2.75) is 6.92 Å². The summed E-state index contributed by atoms with van der Waals surface area (Å²) in [5.41, 5.74) is 13.6. The fourth-order valence-corrected chi connectivity index (χ4v) is 1.27. The van der Waals surface area contributed by atoms with Crippen molar-refractivity contribution < 1.29 is 9.34 Å². The minimum absolute atomic E-state index is 0.0513. The van der Waals surface area contributed by atoms with Gasteiger partial charge in [0.25, 0.3) is 0 Å². The van der Waals surface area contributed by atoms with Crippen LogP contribution in [0.2, 0.25) is 0 Å². The van der Waals surface area contributed by atoms with Gasteiger partial charge in [0, 0.05) is 0 Å². The second kappa shape index (κ2) is 5.17. The van der Waals surface area contributed by atoms with Crippen molar-refractivity contribution in [2.75, 3.05) is 16.9 Å². The van der Waals surface area contributed by atoms with Gasteiger partial charge in [-0.2, -0.15) is 20.1 Å². The number of hydrogen-bond acceptors (Lipinski definition) is 10. The molecule has 20 heavy (non-hydrogen) atoms. The number of nitrogens with zero attached hydrogens (tertiary/aromatic N) is 5. The molecule has 0 spiro atoms. The van der Waals surface area contributed by atoms with E-state index in [4.69, 9.17) is 15.9 Å². The van der Waals surface area contributed by atoms with Crippen LogP contribution in [0.5, 0.6) is 0 Å². The Morgan fingerprint density at radius 1 is 1.35 bits per heavy atom. The Morgan fingerprint density at radius 3 is 2.55 bits per heavy atom. The van der Waals surface area contributed by atoms with Crippen molar-refractivity contribution in [3.8, 4) is 0 Å². The first-order valence-corrected chi connectivity index (χ1v) is 5.27. The molecule has 0 atom stereocenters. The van der Waals surface area contributed by atoms with E-state index >= 15 is 0 Å². The van der Waals surface area contributed by atoms with E-state index in [1.54, 1.807) is 6.92 Å². The normalized spacial score (nSPS) is 11.3. The molecule has 0 saturated carbocycles. The molecule has 0 radical (unpaired) electrons. The number of rotatable bonds is 4. The molecule has 2 aromatic heterocycles.